The van der Waals surface area contributed by atoms with Gasteiger partial charge in [-0.05, 0) is 5.56 Å². The molecule has 0 saturated carbocycles. The molecule has 0 radical (unpaired) electrons. The molecule has 0 heterocycles. The third kappa shape index (κ3) is 3.62. The second kappa shape index (κ2) is 5.07. The second-order valence-corrected chi connectivity index (χ2v) is 9.71. The van der Waals surface area contributed by atoms with E-state index < -0.39 is 8.24 Å². The van der Waals surface area contributed by atoms with Gasteiger partial charge in [-0.15, -0.1) is 0 Å². The Kier molecular flexibility index (Phi) is 4.01. The molecule has 0 N–H and O–H groups in total. The lowest BCUT2D eigenvalue weighted by atomic mass is 10.2. The lowest BCUT2D eigenvalue weighted by Gasteiger charge is -2.26. The van der Waals surface area contributed by atoms with Crippen LogP contribution in [0.1, 0.15) is 15.9 Å². The van der Waals surface area contributed by atoms with Crippen LogP contribution in [0.25, 0.3) is 0 Å². The highest BCUT2D eigenvalue weighted by Crippen LogP contribution is 2.07. The van der Waals surface area contributed by atoms with E-state index in [2.05, 4.69) is 24.7 Å². The molecule has 0 spiro atoms. The van der Waals surface area contributed by atoms with Gasteiger partial charge in [0.05, 0.1) is 6.21 Å². The normalized spacial score (nSPS) is 11.8. The Hall–Kier alpha value is -1.42. The van der Waals surface area contributed by atoms with E-state index in [0.717, 1.165) is 11.8 Å². The average molecular weight is 234 g/mol. The van der Waals surface area contributed by atoms with Crippen molar-refractivity contribution in [2.75, 3.05) is 7.05 Å². The fourth-order valence-corrected chi connectivity index (χ4v) is 1.39. The summed E-state index contributed by atoms with van der Waals surface area (Å²) < 4.78 is 2.04. The first-order valence-electron chi connectivity index (χ1n) is 5.26. The van der Waals surface area contributed by atoms with Crippen LogP contribution in [0.3, 0.4) is 0 Å². The fourth-order valence-electron chi connectivity index (χ4n) is 0.987. The van der Waals surface area contributed by atoms with E-state index in [1.165, 1.54) is 0 Å². The molecule has 16 heavy (non-hydrogen) atoms. The first-order valence-corrected chi connectivity index (χ1v) is 8.71. The van der Waals surface area contributed by atoms with Crippen LogP contribution in [0.4, 0.5) is 0 Å². The molecule has 0 aliphatic heterocycles. The summed E-state index contributed by atoms with van der Waals surface area (Å²) in [6, 6.07) is 7.38. The van der Waals surface area contributed by atoms with Gasteiger partial charge in [-0.3, -0.25) is 4.79 Å². The van der Waals surface area contributed by atoms with E-state index in [-0.39, 0.29) is 0 Å². The number of rotatable bonds is 4. The second-order valence-electron chi connectivity index (χ2n) is 4.72. The van der Waals surface area contributed by atoms with Crippen molar-refractivity contribution in [1.29, 1.82) is 0 Å². The summed E-state index contributed by atoms with van der Waals surface area (Å²) in [5.74, 6) is 0. The van der Waals surface area contributed by atoms with E-state index in [1.807, 2.05) is 30.1 Å². The van der Waals surface area contributed by atoms with E-state index >= 15 is 0 Å². The number of carbonyl (C=O) groups is 1. The van der Waals surface area contributed by atoms with Crippen LogP contribution in [-0.2, 0) is 0 Å². The van der Waals surface area contributed by atoms with E-state index in [9.17, 15) is 4.79 Å². The molecule has 86 valence electrons. The Morgan fingerprint density at radius 3 is 2.06 bits per heavy atom. The summed E-state index contributed by atoms with van der Waals surface area (Å²) in [4.78, 5) is 10.5. The van der Waals surface area contributed by atoms with E-state index in [4.69, 9.17) is 0 Å². The zero-order valence-electron chi connectivity index (χ0n) is 10.3. The predicted molar refractivity (Wildman–Crippen MR) is 70.5 cm³/mol. The number of carbonyl (C=O) groups excluding carboxylic acids is 1. The van der Waals surface area contributed by atoms with Gasteiger partial charge in [0.1, 0.15) is 6.29 Å². The molecular formula is C12H18N2OSi. The monoisotopic (exact) mass is 234 g/mol. The van der Waals surface area contributed by atoms with Gasteiger partial charge in [-0.1, -0.05) is 43.9 Å². The van der Waals surface area contributed by atoms with Crippen molar-refractivity contribution in [3.63, 3.8) is 0 Å². The molecule has 0 saturated heterocycles. The first kappa shape index (κ1) is 12.6. The van der Waals surface area contributed by atoms with Gasteiger partial charge in [0.2, 0.25) is 0 Å². The molecule has 0 amide bonds. The highest BCUT2D eigenvalue weighted by molar-refractivity contribution is 6.73. The zero-order valence-corrected chi connectivity index (χ0v) is 11.3. The van der Waals surface area contributed by atoms with E-state index in [0.29, 0.717) is 5.56 Å². The third-order valence-electron chi connectivity index (χ3n) is 2.42. The maximum Gasteiger partial charge on any atom is 0.168 e. The van der Waals surface area contributed by atoms with Crippen molar-refractivity contribution < 1.29 is 4.79 Å². The van der Waals surface area contributed by atoms with Crippen LogP contribution in [0.5, 0.6) is 0 Å². The minimum atomic E-state index is -1.35. The van der Waals surface area contributed by atoms with Crippen LogP contribution < -0.4 is 0 Å². The maximum absolute atomic E-state index is 10.5. The first-order chi connectivity index (χ1) is 7.43. The topological polar surface area (TPSA) is 32.7 Å². The molecule has 0 atom stereocenters. The molecule has 0 unspecified atom stereocenters. The summed E-state index contributed by atoms with van der Waals surface area (Å²) >= 11 is 0. The lowest BCUT2D eigenvalue weighted by Crippen LogP contribution is -2.39. The van der Waals surface area contributed by atoms with Crippen LogP contribution >= 0.6 is 0 Å². The van der Waals surface area contributed by atoms with Crippen molar-refractivity contribution >= 4 is 20.7 Å². The molecule has 3 nitrogen and oxygen atoms in total. The molecule has 0 aromatic heterocycles. The molecule has 0 aliphatic rings. The number of aldehydes is 1. The molecule has 0 bridgehead atoms. The predicted octanol–water partition coefficient (Wildman–Crippen LogP) is 2.60. The Balaban J connectivity index is 2.73. The van der Waals surface area contributed by atoms with Gasteiger partial charge in [0.15, 0.2) is 8.24 Å². The van der Waals surface area contributed by atoms with Gasteiger partial charge in [0.25, 0.3) is 0 Å². The Bertz CT molecular complexity index is 379. The average Bonchev–Trinajstić information content (AvgIpc) is 2.25. The zero-order chi connectivity index (χ0) is 12.2. The Morgan fingerprint density at radius 2 is 1.62 bits per heavy atom. The quantitative estimate of drug-likeness (QED) is 0.347. The van der Waals surface area contributed by atoms with Crippen LogP contribution in [0, 0.1) is 0 Å². The number of nitrogens with zero attached hydrogens (tertiary/aromatic N) is 2. The number of hydrogen-bond donors (Lipinski definition) is 0. The largest absolute Gasteiger partial charge is 0.328 e. The minimum Gasteiger partial charge on any atom is -0.328 e. The third-order valence-corrected chi connectivity index (χ3v) is 4.48. The highest BCUT2D eigenvalue weighted by atomic mass is 28.3. The van der Waals surface area contributed by atoms with Gasteiger partial charge in [0, 0.05) is 12.6 Å². The molecular weight excluding hydrogens is 216 g/mol. The standard InChI is InChI=1S/C12H18N2OSi/c1-14(16(2,3)4)13-9-11-5-7-12(10-15)8-6-11/h5-10H,1-4H3/b13-9+. The van der Waals surface area contributed by atoms with Crippen molar-refractivity contribution in [1.82, 2.24) is 4.67 Å². The van der Waals surface area contributed by atoms with Crippen molar-refractivity contribution in [2.45, 2.75) is 19.6 Å². The van der Waals surface area contributed by atoms with Crippen LogP contribution in [0.2, 0.25) is 19.6 Å². The molecule has 1 aromatic carbocycles. The Morgan fingerprint density at radius 1 is 1.12 bits per heavy atom. The molecule has 1 rings (SSSR count). The maximum atomic E-state index is 10.5. The highest BCUT2D eigenvalue weighted by Gasteiger charge is 2.17. The van der Waals surface area contributed by atoms with Crippen molar-refractivity contribution in [2.24, 2.45) is 5.10 Å². The van der Waals surface area contributed by atoms with Gasteiger partial charge < -0.3 is 4.67 Å². The lowest BCUT2D eigenvalue weighted by molar-refractivity contribution is 0.112. The summed E-state index contributed by atoms with van der Waals surface area (Å²) in [5, 5.41) is 4.40. The summed E-state index contributed by atoms with van der Waals surface area (Å²) in [7, 11) is 0.649. The summed E-state index contributed by atoms with van der Waals surface area (Å²) in [6.07, 6.45) is 2.67. The van der Waals surface area contributed by atoms with Crippen LogP contribution in [-0.4, -0.2) is 32.5 Å². The van der Waals surface area contributed by atoms with Gasteiger partial charge in [-0.25, -0.2) is 0 Å². The van der Waals surface area contributed by atoms with Crippen molar-refractivity contribution in [3.05, 3.63) is 35.4 Å². The number of hydrazone groups is 1. The Labute approximate surface area is 97.9 Å². The van der Waals surface area contributed by atoms with Gasteiger partial charge in [-0.2, -0.15) is 5.10 Å². The molecule has 0 aliphatic carbocycles. The summed E-state index contributed by atoms with van der Waals surface area (Å²) in [5.41, 5.74) is 1.70. The molecule has 4 heteroatoms. The number of hydrogen-bond acceptors (Lipinski definition) is 3. The SMILES string of the molecule is CN(/N=C/c1ccc(C=O)cc1)[Si](C)(C)C. The fraction of sp³-hybridized carbons (Fsp3) is 0.333. The minimum absolute atomic E-state index is 0.690. The van der Waals surface area contributed by atoms with Crippen molar-refractivity contribution in [3.8, 4) is 0 Å². The van der Waals surface area contributed by atoms with E-state index in [1.54, 1.807) is 12.1 Å². The van der Waals surface area contributed by atoms with Crippen LogP contribution in [0.15, 0.2) is 29.4 Å². The molecule has 1 aromatic rings. The smallest absolute Gasteiger partial charge is 0.168 e. The number of benzene rings is 1. The van der Waals surface area contributed by atoms with Gasteiger partial charge >= 0.3 is 0 Å². The molecule has 0 fully saturated rings. The summed E-state index contributed by atoms with van der Waals surface area (Å²) in [6.45, 7) is 6.71.